The molecule has 2 aromatic rings. The van der Waals surface area contributed by atoms with Crippen molar-refractivity contribution in [1.29, 1.82) is 0 Å². The molecule has 0 heterocycles. The molecule has 146 valence electrons. The van der Waals surface area contributed by atoms with Crippen LogP contribution in [0, 0.1) is 0 Å². The molecule has 0 bridgehead atoms. The van der Waals surface area contributed by atoms with Crippen LogP contribution in [0.5, 0.6) is 17.2 Å². The molecule has 0 saturated carbocycles. The van der Waals surface area contributed by atoms with Gasteiger partial charge in [-0.25, -0.2) is 0 Å². The van der Waals surface area contributed by atoms with E-state index in [0.29, 0.717) is 35.3 Å². The van der Waals surface area contributed by atoms with Gasteiger partial charge in [-0.3, -0.25) is 0 Å². The molecule has 0 aliphatic rings. The summed E-state index contributed by atoms with van der Waals surface area (Å²) in [6.07, 6.45) is 1.00. The van der Waals surface area contributed by atoms with E-state index in [1.54, 1.807) is 19.2 Å². The fraction of sp³-hybridized carbons (Fsp3) is 0.409. The van der Waals surface area contributed by atoms with Crippen LogP contribution in [-0.2, 0) is 11.8 Å². The van der Waals surface area contributed by atoms with E-state index in [9.17, 15) is 0 Å². The summed E-state index contributed by atoms with van der Waals surface area (Å²) < 4.78 is 17.1. The first-order valence-electron chi connectivity index (χ1n) is 9.13. The molecule has 0 fully saturated rings. The summed E-state index contributed by atoms with van der Waals surface area (Å²) in [6, 6.07) is 11.8. The van der Waals surface area contributed by atoms with Gasteiger partial charge in [0.25, 0.3) is 0 Å². The summed E-state index contributed by atoms with van der Waals surface area (Å²) in [5, 5.41) is 0. The van der Waals surface area contributed by atoms with Crippen LogP contribution in [0.25, 0.3) is 0 Å². The Kier molecular flexibility index (Phi) is 7.08. The highest BCUT2D eigenvalue weighted by atomic mass is 32.1. The molecule has 4 nitrogen and oxygen atoms in total. The number of hydrogen-bond donors (Lipinski definition) is 1. The standard InChI is InChI=1S/C22H29NO3S/c1-6-15-7-10-19(18(13-15)22(2,3)4)25-11-12-26-20-14-16(24-5)8-9-17(20)21(23)27/h7-10,13-14H,6,11-12H2,1-5H3,(H2,23,27). The molecule has 0 atom stereocenters. The minimum absolute atomic E-state index is 0.00702. The van der Waals surface area contributed by atoms with Gasteiger partial charge >= 0.3 is 0 Å². The van der Waals surface area contributed by atoms with Crippen LogP contribution in [0.2, 0.25) is 0 Å². The Bertz CT molecular complexity index is 797. The normalized spacial score (nSPS) is 11.1. The molecule has 0 radical (unpaired) electrons. The predicted octanol–water partition coefficient (Wildman–Crippen LogP) is 4.65. The van der Waals surface area contributed by atoms with Crippen LogP contribution in [0.15, 0.2) is 36.4 Å². The van der Waals surface area contributed by atoms with Gasteiger partial charge in [-0.05, 0) is 41.2 Å². The summed E-state index contributed by atoms with van der Waals surface area (Å²) in [6.45, 7) is 9.52. The third kappa shape index (κ3) is 5.60. The van der Waals surface area contributed by atoms with E-state index in [2.05, 4.69) is 39.8 Å². The van der Waals surface area contributed by atoms with E-state index in [1.165, 1.54) is 11.1 Å². The first-order valence-corrected chi connectivity index (χ1v) is 9.54. The highest BCUT2D eigenvalue weighted by Crippen LogP contribution is 2.32. The lowest BCUT2D eigenvalue weighted by atomic mass is 9.85. The fourth-order valence-electron chi connectivity index (χ4n) is 2.76. The van der Waals surface area contributed by atoms with Gasteiger partial charge in [0.2, 0.25) is 0 Å². The van der Waals surface area contributed by atoms with Gasteiger partial charge in [0, 0.05) is 6.07 Å². The molecule has 2 rings (SSSR count). The zero-order chi connectivity index (χ0) is 20.0. The molecule has 27 heavy (non-hydrogen) atoms. The van der Waals surface area contributed by atoms with Gasteiger partial charge < -0.3 is 19.9 Å². The predicted molar refractivity (Wildman–Crippen MR) is 114 cm³/mol. The van der Waals surface area contributed by atoms with Gasteiger partial charge in [-0.2, -0.15) is 0 Å². The summed E-state index contributed by atoms with van der Waals surface area (Å²) in [5.41, 5.74) is 8.98. The maximum atomic E-state index is 6.02. The minimum atomic E-state index is 0.00702. The Morgan fingerprint density at radius 2 is 1.67 bits per heavy atom. The number of nitrogens with two attached hydrogens (primary N) is 1. The highest BCUT2D eigenvalue weighted by Gasteiger charge is 2.19. The van der Waals surface area contributed by atoms with Gasteiger partial charge in [-0.1, -0.05) is 52.0 Å². The van der Waals surface area contributed by atoms with Crippen LogP contribution in [0.4, 0.5) is 0 Å². The first-order chi connectivity index (χ1) is 12.8. The Balaban J connectivity index is 2.07. The second kappa shape index (κ2) is 9.09. The summed E-state index contributed by atoms with van der Waals surface area (Å²) in [7, 11) is 1.61. The topological polar surface area (TPSA) is 53.7 Å². The average Bonchev–Trinajstić information content (AvgIpc) is 2.64. The molecule has 0 unspecified atom stereocenters. The Labute approximate surface area is 167 Å². The molecule has 0 saturated heterocycles. The molecule has 0 aromatic heterocycles. The third-order valence-corrected chi connectivity index (χ3v) is 4.53. The first kappa shape index (κ1) is 21.0. The smallest absolute Gasteiger partial charge is 0.133 e. The van der Waals surface area contributed by atoms with Crippen molar-refractivity contribution < 1.29 is 14.2 Å². The molecule has 0 spiro atoms. The van der Waals surface area contributed by atoms with Gasteiger partial charge in [0.05, 0.1) is 12.7 Å². The van der Waals surface area contributed by atoms with Gasteiger partial charge in [0.15, 0.2) is 0 Å². The van der Waals surface area contributed by atoms with E-state index in [0.717, 1.165) is 12.2 Å². The van der Waals surface area contributed by atoms with E-state index < -0.39 is 0 Å². The van der Waals surface area contributed by atoms with Crippen molar-refractivity contribution in [2.24, 2.45) is 5.73 Å². The lowest BCUT2D eigenvalue weighted by molar-refractivity contribution is 0.213. The fourth-order valence-corrected chi connectivity index (χ4v) is 2.93. The quantitative estimate of drug-likeness (QED) is 0.528. The van der Waals surface area contributed by atoms with Crippen LogP contribution >= 0.6 is 12.2 Å². The number of aryl methyl sites for hydroxylation is 1. The molecular weight excluding hydrogens is 358 g/mol. The Hall–Kier alpha value is -2.27. The zero-order valence-electron chi connectivity index (χ0n) is 16.8. The maximum Gasteiger partial charge on any atom is 0.133 e. The molecule has 5 heteroatoms. The van der Waals surface area contributed by atoms with Crippen LogP contribution in [0.3, 0.4) is 0 Å². The molecule has 0 aliphatic heterocycles. The molecule has 0 aliphatic carbocycles. The lowest BCUT2D eigenvalue weighted by Crippen LogP contribution is -2.17. The molecular formula is C22H29NO3S. The van der Waals surface area contributed by atoms with Crippen molar-refractivity contribution >= 4 is 17.2 Å². The summed E-state index contributed by atoms with van der Waals surface area (Å²) in [5.74, 6) is 2.18. The third-order valence-electron chi connectivity index (χ3n) is 4.31. The van der Waals surface area contributed by atoms with Gasteiger partial charge in [-0.15, -0.1) is 0 Å². The molecule has 0 amide bonds. The Morgan fingerprint density at radius 1 is 1.00 bits per heavy atom. The van der Waals surface area contributed by atoms with Crippen LogP contribution in [-0.4, -0.2) is 25.3 Å². The van der Waals surface area contributed by atoms with E-state index in [-0.39, 0.29) is 5.41 Å². The molecule has 2 N–H and O–H groups in total. The Morgan fingerprint density at radius 3 is 2.22 bits per heavy atom. The monoisotopic (exact) mass is 387 g/mol. The van der Waals surface area contributed by atoms with Gasteiger partial charge in [0.1, 0.15) is 35.5 Å². The lowest BCUT2D eigenvalue weighted by Gasteiger charge is -2.24. The number of methoxy groups -OCH3 is 1. The number of benzene rings is 2. The van der Waals surface area contributed by atoms with Crippen LogP contribution in [0.1, 0.15) is 44.4 Å². The second-order valence-electron chi connectivity index (χ2n) is 7.36. The van der Waals surface area contributed by atoms with Crippen LogP contribution < -0.4 is 19.9 Å². The van der Waals surface area contributed by atoms with E-state index in [4.69, 9.17) is 32.2 Å². The number of hydrogen-bond acceptors (Lipinski definition) is 4. The van der Waals surface area contributed by atoms with Crippen molar-refractivity contribution in [2.45, 2.75) is 39.5 Å². The number of rotatable bonds is 8. The molecule has 2 aromatic carbocycles. The maximum absolute atomic E-state index is 6.02. The second-order valence-corrected chi connectivity index (χ2v) is 7.80. The van der Waals surface area contributed by atoms with E-state index in [1.807, 2.05) is 12.1 Å². The van der Waals surface area contributed by atoms with Crippen molar-refractivity contribution in [3.8, 4) is 17.2 Å². The zero-order valence-corrected chi connectivity index (χ0v) is 17.6. The van der Waals surface area contributed by atoms with Crippen molar-refractivity contribution in [1.82, 2.24) is 0 Å². The highest BCUT2D eigenvalue weighted by molar-refractivity contribution is 7.80. The summed E-state index contributed by atoms with van der Waals surface area (Å²) >= 11 is 5.09. The average molecular weight is 388 g/mol. The van der Waals surface area contributed by atoms with Crippen molar-refractivity contribution in [3.63, 3.8) is 0 Å². The van der Waals surface area contributed by atoms with E-state index >= 15 is 0 Å². The van der Waals surface area contributed by atoms with Crippen molar-refractivity contribution in [2.75, 3.05) is 20.3 Å². The SMILES string of the molecule is CCc1ccc(OCCOc2cc(OC)ccc2C(N)=S)c(C(C)(C)C)c1. The number of ether oxygens (including phenoxy) is 3. The van der Waals surface area contributed by atoms with Crippen molar-refractivity contribution in [3.05, 3.63) is 53.1 Å². The number of thiocarbonyl (C=S) groups is 1. The largest absolute Gasteiger partial charge is 0.497 e. The summed E-state index contributed by atoms with van der Waals surface area (Å²) in [4.78, 5) is 0.291. The minimum Gasteiger partial charge on any atom is -0.497 e.